The van der Waals surface area contributed by atoms with Gasteiger partial charge in [-0.2, -0.15) is 0 Å². The predicted molar refractivity (Wildman–Crippen MR) is 78.6 cm³/mol. The van der Waals surface area contributed by atoms with E-state index in [2.05, 4.69) is 10.6 Å². The molecule has 3 N–H and O–H groups in total. The fourth-order valence-electron chi connectivity index (χ4n) is 1.44. The largest absolute Gasteiger partial charge is 0.506 e. The van der Waals surface area contributed by atoms with E-state index in [0.29, 0.717) is 6.42 Å². The standard InChI is InChI=1S/C12H15N3O4S/c1-7(2)5-11(17)14-12(20)13-9-6-8(15(18)19)3-4-10(9)16/h3-4,6-7,16H,5H2,1-2H3,(H2,13,14,17,20). The van der Waals surface area contributed by atoms with Crippen LogP contribution in [0, 0.1) is 16.0 Å². The number of nitro benzene ring substituents is 1. The first kappa shape index (κ1) is 15.8. The Bertz CT molecular complexity index is 546. The number of anilines is 1. The quantitative estimate of drug-likeness (QED) is 0.340. The Labute approximate surface area is 121 Å². The molecule has 20 heavy (non-hydrogen) atoms. The zero-order valence-electron chi connectivity index (χ0n) is 11.0. The summed E-state index contributed by atoms with van der Waals surface area (Å²) in [5.74, 6) is -0.275. The number of carbonyl (C=O) groups excluding carboxylic acids is 1. The van der Waals surface area contributed by atoms with Gasteiger partial charge < -0.3 is 15.7 Å². The van der Waals surface area contributed by atoms with E-state index < -0.39 is 4.92 Å². The summed E-state index contributed by atoms with van der Waals surface area (Å²) in [4.78, 5) is 21.6. The number of nitrogens with zero attached hydrogens (tertiary/aromatic N) is 1. The number of amides is 1. The summed E-state index contributed by atoms with van der Waals surface area (Å²) in [5, 5.41) is 25.2. The lowest BCUT2D eigenvalue weighted by molar-refractivity contribution is -0.384. The molecule has 7 nitrogen and oxygen atoms in total. The molecule has 0 unspecified atom stereocenters. The molecule has 1 amide bonds. The van der Waals surface area contributed by atoms with Gasteiger partial charge >= 0.3 is 0 Å². The van der Waals surface area contributed by atoms with Gasteiger partial charge in [-0.15, -0.1) is 0 Å². The number of phenols is 1. The summed E-state index contributed by atoms with van der Waals surface area (Å²) in [7, 11) is 0. The topological polar surface area (TPSA) is 104 Å². The van der Waals surface area contributed by atoms with Gasteiger partial charge in [-0.3, -0.25) is 14.9 Å². The summed E-state index contributed by atoms with van der Waals surface area (Å²) >= 11 is 4.91. The first-order valence-electron chi connectivity index (χ1n) is 5.88. The summed E-state index contributed by atoms with van der Waals surface area (Å²) < 4.78 is 0. The average molecular weight is 297 g/mol. The molecule has 0 aliphatic rings. The monoisotopic (exact) mass is 297 g/mol. The molecule has 0 radical (unpaired) electrons. The van der Waals surface area contributed by atoms with Crippen molar-refractivity contribution in [1.82, 2.24) is 5.32 Å². The molecular formula is C12H15N3O4S. The minimum atomic E-state index is -0.592. The van der Waals surface area contributed by atoms with E-state index in [0.717, 1.165) is 6.07 Å². The van der Waals surface area contributed by atoms with E-state index in [-0.39, 0.29) is 34.1 Å². The molecule has 8 heteroatoms. The highest BCUT2D eigenvalue weighted by atomic mass is 32.1. The van der Waals surface area contributed by atoms with Crippen LogP contribution in [-0.2, 0) is 4.79 Å². The van der Waals surface area contributed by atoms with E-state index in [1.807, 2.05) is 13.8 Å². The number of aromatic hydroxyl groups is 1. The smallest absolute Gasteiger partial charge is 0.271 e. The van der Waals surface area contributed by atoms with E-state index in [1.54, 1.807) is 0 Å². The molecule has 0 spiro atoms. The Balaban J connectivity index is 2.73. The van der Waals surface area contributed by atoms with Gasteiger partial charge in [0.1, 0.15) is 5.75 Å². The van der Waals surface area contributed by atoms with Crippen molar-refractivity contribution in [2.75, 3.05) is 5.32 Å². The van der Waals surface area contributed by atoms with Crippen LogP contribution in [0.25, 0.3) is 0 Å². The van der Waals surface area contributed by atoms with Gasteiger partial charge in [-0.05, 0) is 24.2 Å². The van der Waals surface area contributed by atoms with Crippen LogP contribution in [0.4, 0.5) is 11.4 Å². The fourth-order valence-corrected chi connectivity index (χ4v) is 1.66. The predicted octanol–water partition coefficient (Wildman–Crippen LogP) is 2.16. The molecular weight excluding hydrogens is 282 g/mol. The van der Waals surface area contributed by atoms with E-state index in [4.69, 9.17) is 12.2 Å². The molecule has 0 aliphatic carbocycles. The van der Waals surface area contributed by atoms with Crippen molar-refractivity contribution in [2.24, 2.45) is 5.92 Å². The Kier molecular flexibility index (Phi) is 5.39. The number of benzene rings is 1. The van der Waals surface area contributed by atoms with Crippen molar-refractivity contribution in [1.29, 1.82) is 0 Å². The third-order valence-electron chi connectivity index (χ3n) is 2.29. The third kappa shape index (κ3) is 4.81. The minimum absolute atomic E-state index is 0.0218. The number of thiocarbonyl (C=S) groups is 1. The second kappa shape index (κ2) is 6.80. The number of non-ortho nitro benzene ring substituents is 1. The van der Waals surface area contributed by atoms with E-state index in [9.17, 15) is 20.0 Å². The molecule has 1 rings (SSSR count). The van der Waals surface area contributed by atoms with Crippen LogP contribution in [0.3, 0.4) is 0 Å². The number of nitro groups is 1. The number of nitrogens with one attached hydrogen (secondary N) is 2. The highest BCUT2D eigenvalue weighted by Crippen LogP contribution is 2.27. The lowest BCUT2D eigenvalue weighted by atomic mass is 10.1. The lowest BCUT2D eigenvalue weighted by Crippen LogP contribution is -2.34. The second-order valence-electron chi connectivity index (χ2n) is 4.56. The third-order valence-corrected chi connectivity index (χ3v) is 2.49. The van der Waals surface area contributed by atoms with Gasteiger partial charge in [-0.1, -0.05) is 13.8 Å². The first-order valence-corrected chi connectivity index (χ1v) is 6.28. The van der Waals surface area contributed by atoms with Crippen LogP contribution >= 0.6 is 12.2 Å². The van der Waals surface area contributed by atoms with Gasteiger partial charge in [-0.25, -0.2) is 0 Å². The molecule has 0 atom stereocenters. The van der Waals surface area contributed by atoms with E-state index >= 15 is 0 Å². The summed E-state index contributed by atoms with van der Waals surface area (Å²) in [6.07, 6.45) is 0.308. The second-order valence-corrected chi connectivity index (χ2v) is 4.97. The van der Waals surface area contributed by atoms with Crippen molar-refractivity contribution in [3.63, 3.8) is 0 Å². The van der Waals surface area contributed by atoms with Crippen molar-refractivity contribution in [3.8, 4) is 5.75 Å². The minimum Gasteiger partial charge on any atom is -0.506 e. The van der Waals surface area contributed by atoms with Crippen LogP contribution in [0.5, 0.6) is 5.75 Å². The zero-order chi connectivity index (χ0) is 15.3. The molecule has 0 aromatic heterocycles. The number of carbonyl (C=O) groups is 1. The molecule has 108 valence electrons. The first-order chi connectivity index (χ1) is 9.29. The number of phenolic OH excluding ortho intramolecular Hbond substituents is 1. The molecule has 1 aromatic rings. The number of hydrogen-bond acceptors (Lipinski definition) is 5. The van der Waals surface area contributed by atoms with Gasteiger partial charge in [0.15, 0.2) is 5.11 Å². The number of rotatable bonds is 4. The summed E-state index contributed by atoms with van der Waals surface area (Å²) in [6.45, 7) is 3.78. The van der Waals surface area contributed by atoms with Gasteiger partial charge in [0.05, 0.1) is 10.6 Å². The van der Waals surface area contributed by atoms with E-state index in [1.165, 1.54) is 12.1 Å². The highest BCUT2D eigenvalue weighted by Gasteiger charge is 2.12. The average Bonchev–Trinajstić information content (AvgIpc) is 2.30. The van der Waals surface area contributed by atoms with Crippen molar-refractivity contribution in [3.05, 3.63) is 28.3 Å². The SMILES string of the molecule is CC(C)CC(=O)NC(=S)Nc1cc([N+](=O)[O-])ccc1O. The summed E-state index contributed by atoms with van der Waals surface area (Å²) in [6, 6.07) is 3.48. The number of hydrogen-bond donors (Lipinski definition) is 3. The van der Waals surface area contributed by atoms with Gasteiger partial charge in [0, 0.05) is 18.6 Å². The molecule has 0 fully saturated rings. The zero-order valence-corrected chi connectivity index (χ0v) is 11.9. The highest BCUT2D eigenvalue weighted by molar-refractivity contribution is 7.80. The van der Waals surface area contributed by atoms with Gasteiger partial charge in [0.2, 0.25) is 5.91 Å². The van der Waals surface area contributed by atoms with Gasteiger partial charge in [0.25, 0.3) is 5.69 Å². The Morgan fingerprint density at radius 2 is 2.15 bits per heavy atom. The van der Waals surface area contributed by atoms with Crippen LogP contribution in [0.1, 0.15) is 20.3 Å². The molecule has 0 saturated heterocycles. The van der Waals surface area contributed by atoms with Crippen molar-refractivity contribution in [2.45, 2.75) is 20.3 Å². The normalized spacial score (nSPS) is 10.2. The fraction of sp³-hybridized carbons (Fsp3) is 0.333. The maximum absolute atomic E-state index is 11.5. The van der Waals surface area contributed by atoms with Crippen LogP contribution in [0.2, 0.25) is 0 Å². The van der Waals surface area contributed by atoms with Crippen molar-refractivity contribution >= 4 is 34.6 Å². The molecule has 0 heterocycles. The molecule has 1 aromatic carbocycles. The Morgan fingerprint density at radius 1 is 1.50 bits per heavy atom. The maximum atomic E-state index is 11.5. The van der Waals surface area contributed by atoms with Crippen LogP contribution < -0.4 is 10.6 Å². The lowest BCUT2D eigenvalue weighted by Gasteiger charge is -2.11. The summed E-state index contributed by atoms with van der Waals surface area (Å²) in [5.41, 5.74) is -0.129. The van der Waals surface area contributed by atoms with Crippen LogP contribution in [-0.4, -0.2) is 21.0 Å². The molecule has 0 bridgehead atoms. The maximum Gasteiger partial charge on any atom is 0.271 e. The molecule has 0 saturated carbocycles. The van der Waals surface area contributed by atoms with Crippen molar-refractivity contribution < 1.29 is 14.8 Å². The molecule has 0 aliphatic heterocycles. The van der Waals surface area contributed by atoms with Crippen LogP contribution in [0.15, 0.2) is 18.2 Å². The Hall–Kier alpha value is -2.22. The Morgan fingerprint density at radius 3 is 2.70 bits per heavy atom.